The number of para-hydroxylation sites is 1. The number of benzene rings is 1. The van der Waals surface area contributed by atoms with Gasteiger partial charge in [0.15, 0.2) is 4.77 Å². The van der Waals surface area contributed by atoms with Crippen molar-refractivity contribution in [1.29, 1.82) is 5.26 Å². The van der Waals surface area contributed by atoms with E-state index >= 15 is 0 Å². The summed E-state index contributed by atoms with van der Waals surface area (Å²) in [5.74, 6) is 0.890. The summed E-state index contributed by atoms with van der Waals surface area (Å²) in [4.78, 5) is 3.15. The lowest BCUT2D eigenvalue weighted by Gasteiger charge is -2.03. The number of nitriles is 1. The lowest BCUT2D eigenvalue weighted by molar-refractivity contribution is 0.603. The SMILES string of the molecule is N#Cc1cccc2c1[nH]c(=S)n2CCC1CC1. The average molecular weight is 243 g/mol. The van der Waals surface area contributed by atoms with Crippen LogP contribution in [0.15, 0.2) is 18.2 Å². The van der Waals surface area contributed by atoms with Crippen molar-refractivity contribution in [3.63, 3.8) is 0 Å². The molecule has 1 fully saturated rings. The molecule has 1 N–H and O–H groups in total. The molecule has 17 heavy (non-hydrogen) atoms. The molecule has 0 atom stereocenters. The van der Waals surface area contributed by atoms with Gasteiger partial charge in [0.25, 0.3) is 0 Å². The van der Waals surface area contributed by atoms with E-state index in [0.29, 0.717) is 5.56 Å². The number of hydrogen-bond donors (Lipinski definition) is 1. The number of imidazole rings is 1. The highest BCUT2D eigenvalue weighted by Crippen LogP contribution is 2.33. The second-order valence-electron chi connectivity index (χ2n) is 4.63. The van der Waals surface area contributed by atoms with Crippen molar-refractivity contribution in [3.05, 3.63) is 28.5 Å². The Kier molecular flexibility index (Phi) is 2.49. The van der Waals surface area contributed by atoms with Crippen molar-refractivity contribution in [2.24, 2.45) is 5.92 Å². The van der Waals surface area contributed by atoms with Gasteiger partial charge in [-0.3, -0.25) is 0 Å². The number of nitrogens with zero attached hydrogens (tertiary/aromatic N) is 2. The van der Waals surface area contributed by atoms with Crippen LogP contribution >= 0.6 is 12.2 Å². The summed E-state index contributed by atoms with van der Waals surface area (Å²) in [5.41, 5.74) is 2.59. The second-order valence-corrected chi connectivity index (χ2v) is 5.01. The largest absolute Gasteiger partial charge is 0.329 e. The smallest absolute Gasteiger partial charge is 0.178 e. The summed E-state index contributed by atoms with van der Waals surface area (Å²) < 4.78 is 2.84. The number of nitrogens with one attached hydrogen (secondary N) is 1. The lowest BCUT2D eigenvalue weighted by Crippen LogP contribution is -1.98. The molecule has 0 bridgehead atoms. The van der Waals surface area contributed by atoms with Gasteiger partial charge in [0.05, 0.1) is 16.6 Å². The first-order chi connectivity index (χ1) is 8.29. The Balaban J connectivity index is 2.07. The Hall–Kier alpha value is -1.60. The summed E-state index contributed by atoms with van der Waals surface area (Å²) in [6.45, 7) is 0.957. The van der Waals surface area contributed by atoms with Crippen molar-refractivity contribution >= 4 is 23.3 Å². The van der Waals surface area contributed by atoms with Crippen LogP contribution in [0.2, 0.25) is 0 Å². The first-order valence-corrected chi connectivity index (χ1v) is 6.32. The maximum Gasteiger partial charge on any atom is 0.178 e. The Bertz CT molecular complexity index is 655. The molecule has 3 rings (SSSR count). The topological polar surface area (TPSA) is 44.5 Å². The second kappa shape index (κ2) is 4.01. The third-order valence-electron chi connectivity index (χ3n) is 3.39. The average Bonchev–Trinajstić information content (AvgIpc) is 3.10. The number of aromatic nitrogens is 2. The van der Waals surface area contributed by atoms with E-state index in [0.717, 1.165) is 28.3 Å². The van der Waals surface area contributed by atoms with Crippen molar-refractivity contribution < 1.29 is 0 Å². The maximum atomic E-state index is 9.05. The van der Waals surface area contributed by atoms with Crippen molar-refractivity contribution in [2.75, 3.05) is 0 Å². The van der Waals surface area contributed by atoms with Crippen LogP contribution in [0.25, 0.3) is 11.0 Å². The highest BCUT2D eigenvalue weighted by molar-refractivity contribution is 7.71. The molecule has 0 spiro atoms. The Morgan fingerprint density at radius 2 is 2.29 bits per heavy atom. The van der Waals surface area contributed by atoms with Gasteiger partial charge in [-0.2, -0.15) is 5.26 Å². The molecule has 1 aliphatic rings. The number of fused-ring (bicyclic) bond motifs is 1. The van der Waals surface area contributed by atoms with Crippen LogP contribution in [0, 0.1) is 22.0 Å². The minimum atomic E-state index is 0.666. The molecule has 1 saturated carbocycles. The molecule has 4 heteroatoms. The van der Waals surface area contributed by atoms with Gasteiger partial charge in [-0.1, -0.05) is 18.9 Å². The molecule has 86 valence electrons. The fourth-order valence-electron chi connectivity index (χ4n) is 2.21. The summed E-state index contributed by atoms with van der Waals surface area (Å²) in [6.07, 6.45) is 3.91. The van der Waals surface area contributed by atoms with Crippen LogP contribution in [-0.4, -0.2) is 9.55 Å². The summed E-state index contributed by atoms with van der Waals surface area (Å²) in [5, 5.41) is 9.05. The van der Waals surface area contributed by atoms with Gasteiger partial charge in [-0.15, -0.1) is 0 Å². The summed E-state index contributed by atoms with van der Waals surface area (Å²) in [7, 11) is 0. The van der Waals surface area contributed by atoms with E-state index in [2.05, 4.69) is 15.6 Å². The zero-order chi connectivity index (χ0) is 11.8. The highest BCUT2D eigenvalue weighted by Gasteiger charge is 2.21. The third kappa shape index (κ3) is 1.87. The molecule has 2 aromatic rings. The van der Waals surface area contributed by atoms with E-state index in [1.165, 1.54) is 19.3 Å². The molecule has 0 unspecified atom stereocenters. The van der Waals surface area contributed by atoms with E-state index < -0.39 is 0 Å². The molecule has 3 nitrogen and oxygen atoms in total. The maximum absolute atomic E-state index is 9.05. The minimum Gasteiger partial charge on any atom is -0.329 e. The van der Waals surface area contributed by atoms with E-state index in [1.807, 2.05) is 18.2 Å². The van der Waals surface area contributed by atoms with Crippen LogP contribution in [0.5, 0.6) is 0 Å². The van der Waals surface area contributed by atoms with Crippen LogP contribution in [0.3, 0.4) is 0 Å². The summed E-state index contributed by atoms with van der Waals surface area (Å²) in [6, 6.07) is 7.95. The summed E-state index contributed by atoms with van der Waals surface area (Å²) >= 11 is 5.33. The van der Waals surface area contributed by atoms with Gasteiger partial charge in [0.1, 0.15) is 6.07 Å². The van der Waals surface area contributed by atoms with Gasteiger partial charge < -0.3 is 9.55 Å². The molecule has 0 radical (unpaired) electrons. The lowest BCUT2D eigenvalue weighted by atomic mass is 10.2. The number of aromatic amines is 1. The monoisotopic (exact) mass is 243 g/mol. The fourth-order valence-corrected chi connectivity index (χ4v) is 2.51. The van der Waals surface area contributed by atoms with Gasteiger partial charge >= 0.3 is 0 Å². The molecule has 1 aliphatic carbocycles. The molecular formula is C13H13N3S. The first-order valence-electron chi connectivity index (χ1n) is 5.91. The van der Waals surface area contributed by atoms with Gasteiger partial charge in [-0.05, 0) is 36.7 Å². The Labute approximate surface area is 105 Å². The Morgan fingerprint density at radius 3 is 3.00 bits per heavy atom. The number of hydrogen-bond acceptors (Lipinski definition) is 2. The molecule has 0 saturated heterocycles. The van der Waals surface area contributed by atoms with Crippen LogP contribution in [-0.2, 0) is 6.54 Å². The Morgan fingerprint density at radius 1 is 1.47 bits per heavy atom. The van der Waals surface area contributed by atoms with E-state index in [4.69, 9.17) is 17.5 Å². The van der Waals surface area contributed by atoms with E-state index in [-0.39, 0.29) is 0 Å². The third-order valence-corrected chi connectivity index (χ3v) is 3.71. The molecule has 1 aromatic heterocycles. The van der Waals surface area contributed by atoms with E-state index in [9.17, 15) is 0 Å². The zero-order valence-corrected chi connectivity index (χ0v) is 10.3. The standard InChI is InChI=1S/C13H13N3S/c14-8-10-2-1-3-11-12(10)15-13(17)16(11)7-6-9-4-5-9/h1-3,9H,4-7H2,(H,15,17). The molecule has 0 amide bonds. The zero-order valence-electron chi connectivity index (χ0n) is 9.44. The normalized spacial score (nSPS) is 15.0. The number of aryl methyl sites for hydroxylation is 1. The quantitative estimate of drug-likeness (QED) is 0.840. The predicted molar refractivity (Wildman–Crippen MR) is 69.2 cm³/mol. The van der Waals surface area contributed by atoms with Crippen molar-refractivity contribution in [2.45, 2.75) is 25.8 Å². The van der Waals surface area contributed by atoms with Crippen molar-refractivity contribution in [3.8, 4) is 6.07 Å². The van der Waals surface area contributed by atoms with E-state index in [1.54, 1.807) is 0 Å². The molecule has 1 aromatic carbocycles. The van der Waals surface area contributed by atoms with Gasteiger partial charge in [-0.25, -0.2) is 0 Å². The molecule has 1 heterocycles. The highest BCUT2D eigenvalue weighted by atomic mass is 32.1. The number of rotatable bonds is 3. The minimum absolute atomic E-state index is 0.666. The van der Waals surface area contributed by atoms with Crippen LogP contribution < -0.4 is 0 Å². The van der Waals surface area contributed by atoms with Crippen LogP contribution in [0.4, 0.5) is 0 Å². The molecular weight excluding hydrogens is 230 g/mol. The van der Waals surface area contributed by atoms with Crippen molar-refractivity contribution in [1.82, 2.24) is 9.55 Å². The number of H-pyrrole nitrogens is 1. The van der Waals surface area contributed by atoms with Crippen LogP contribution in [0.1, 0.15) is 24.8 Å². The van der Waals surface area contributed by atoms with Gasteiger partial charge in [0.2, 0.25) is 0 Å². The molecule has 0 aliphatic heterocycles. The van der Waals surface area contributed by atoms with Gasteiger partial charge in [0, 0.05) is 6.54 Å². The fraction of sp³-hybridized carbons (Fsp3) is 0.385. The predicted octanol–water partition coefficient (Wildman–Crippen LogP) is 3.37. The first kappa shape index (κ1) is 10.5.